The molecule has 2 heteroatoms. The Labute approximate surface area is 389 Å². The number of thiophene rings is 1. The average molecular weight is 858 g/mol. The minimum atomic E-state index is 1.08. The van der Waals surface area contributed by atoms with Crippen LogP contribution >= 0.6 is 11.3 Å². The fourth-order valence-electron chi connectivity index (χ4n) is 9.52. The minimum Gasteiger partial charge on any atom is -0.310 e. The van der Waals surface area contributed by atoms with Crippen molar-refractivity contribution in [3.8, 4) is 66.8 Å². The number of rotatable bonds is 9. The summed E-state index contributed by atoms with van der Waals surface area (Å²) >= 11 is 1.86. The molecule has 0 saturated carbocycles. The van der Waals surface area contributed by atoms with Gasteiger partial charge in [-0.25, -0.2) is 0 Å². The Morgan fingerprint density at radius 3 is 1.36 bits per heavy atom. The summed E-state index contributed by atoms with van der Waals surface area (Å²) in [6, 6.07) is 95.3. The van der Waals surface area contributed by atoms with Crippen molar-refractivity contribution < 1.29 is 0 Å². The number of fused-ring (bicyclic) bond motifs is 4. The van der Waals surface area contributed by atoms with Gasteiger partial charge in [0.2, 0.25) is 0 Å². The van der Waals surface area contributed by atoms with Gasteiger partial charge < -0.3 is 4.90 Å². The predicted octanol–water partition coefficient (Wildman–Crippen LogP) is 18.7. The summed E-state index contributed by atoms with van der Waals surface area (Å²) in [5, 5.41) is 5.09. The molecule has 11 aromatic carbocycles. The van der Waals surface area contributed by atoms with Crippen molar-refractivity contribution in [3.63, 3.8) is 0 Å². The fourth-order valence-corrected chi connectivity index (χ4v) is 10.6. The van der Waals surface area contributed by atoms with Crippen LogP contribution in [0.25, 0.3) is 97.7 Å². The van der Waals surface area contributed by atoms with E-state index in [4.69, 9.17) is 0 Å². The van der Waals surface area contributed by atoms with Crippen LogP contribution in [0, 0.1) is 0 Å². The minimum absolute atomic E-state index is 1.08. The smallest absolute Gasteiger partial charge is 0.0546 e. The second kappa shape index (κ2) is 17.0. The Balaban J connectivity index is 1.000. The summed E-state index contributed by atoms with van der Waals surface area (Å²) in [5.41, 5.74) is 17.5. The standard InChI is InChI=1S/C64H43NS/c1-4-15-47(16-5-1)57-37-30-52(41-60(57)49-19-8-3-9-20-49)45-26-33-55(34-27-45)65(56-35-28-46(29-36-56)53-32-39-64-61(42-53)59-22-12-13-23-63(59)66-64)62-43-54(31-38-58(62)48-17-6-2-7-18-48)51-25-24-44-14-10-11-21-50(44)40-51/h1-43H. The van der Waals surface area contributed by atoms with Crippen LogP contribution in [0.4, 0.5) is 17.1 Å². The van der Waals surface area contributed by atoms with Crippen molar-refractivity contribution >= 4 is 59.3 Å². The molecule has 12 rings (SSSR count). The van der Waals surface area contributed by atoms with Crippen molar-refractivity contribution in [2.45, 2.75) is 0 Å². The number of hydrogen-bond acceptors (Lipinski definition) is 2. The van der Waals surface area contributed by atoms with E-state index < -0.39 is 0 Å². The quantitative estimate of drug-likeness (QED) is 0.140. The molecular formula is C64H43NS. The lowest BCUT2D eigenvalue weighted by molar-refractivity contribution is 1.28. The molecular weight excluding hydrogens is 815 g/mol. The third-order valence-electron chi connectivity index (χ3n) is 12.9. The highest BCUT2D eigenvalue weighted by Gasteiger charge is 2.20. The van der Waals surface area contributed by atoms with Gasteiger partial charge in [0.25, 0.3) is 0 Å². The van der Waals surface area contributed by atoms with Crippen LogP contribution in [0.1, 0.15) is 0 Å². The molecule has 1 heterocycles. The van der Waals surface area contributed by atoms with E-state index in [1.54, 1.807) is 0 Å². The van der Waals surface area contributed by atoms with Gasteiger partial charge in [0, 0.05) is 37.1 Å². The van der Waals surface area contributed by atoms with Gasteiger partial charge in [-0.3, -0.25) is 0 Å². The Morgan fingerprint density at radius 1 is 0.242 bits per heavy atom. The molecule has 1 nitrogen and oxygen atoms in total. The maximum absolute atomic E-state index is 2.43. The second-order valence-corrected chi connectivity index (χ2v) is 18.0. The van der Waals surface area contributed by atoms with Gasteiger partial charge in [-0.2, -0.15) is 0 Å². The zero-order valence-electron chi connectivity index (χ0n) is 36.2. The van der Waals surface area contributed by atoms with E-state index in [9.17, 15) is 0 Å². The van der Waals surface area contributed by atoms with Crippen LogP contribution in [-0.4, -0.2) is 0 Å². The number of nitrogens with zero attached hydrogens (tertiary/aromatic N) is 1. The zero-order valence-corrected chi connectivity index (χ0v) is 37.0. The first kappa shape index (κ1) is 39.3. The molecule has 0 fully saturated rings. The lowest BCUT2D eigenvalue weighted by Crippen LogP contribution is -2.11. The SMILES string of the molecule is c1ccc(-c2ccc(-c3ccc(N(c4ccc(-c5ccc6sc7ccccc7c6c5)cc4)c4cc(-c5ccc6ccccc6c5)ccc4-c4ccccc4)cc3)cc2-c2ccccc2)cc1. The summed E-state index contributed by atoms with van der Waals surface area (Å²) in [6.45, 7) is 0. The first-order valence-electron chi connectivity index (χ1n) is 22.6. The monoisotopic (exact) mass is 857 g/mol. The summed E-state index contributed by atoms with van der Waals surface area (Å²) in [5.74, 6) is 0. The van der Waals surface area contributed by atoms with Gasteiger partial charge in [-0.1, -0.05) is 200 Å². The van der Waals surface area contributed by atoms with E-state index in [1.165, 1.54) is 81.0 Å². The summed E-state index contributed by atoms with van der Waals surface area (Å²) < 4.78 is 2.64. The first-order valence-corrected chi connectivity index (χ1v) is 23.4. The molecule has 0 N–H and O–H groups in total. The van der Waals surface area contributed by atoms with E-state index >= 15 is 0 Å². The molecule has 0 aliphatic heterocycles. The van der Waals surface area contributed by atoms with Crippen molar-refractivity contribution in [3.05, 3.63) is 261 Å². The Morgan fingerprint density at radius 2 is 0.697 bits per heavy atom. The van der Waals surface area contributed by atoms with Crippen molar-refractivity contribution in [2.24, 2.45) is 0 Å². The van der Waals surface area contributed by atoms with Gasteiger partial charge in [-0.15, -0.1) is 11.3 Å². The maximum Gasteiger partial charge on any atom is 0.0546 e. The number of hydrogen-bond donors (Lipinski definition) is 0. The molecule has 0 atom stereocenters. The second-order valence-electron chi connectivity index (χ2n) is 16.9. The van der Waals surface area contributed by atoms with Crippen molar-refractivity contribution in [1.29, 1.82) is 0 Å². The van der Waals surface area contributed by atoms with Gasteiger partial charge in [0.1, 0.15) is 0 Å². The van der Waals surface area contributed by atoms with Crippen molar-refractivity contribution in [2.75, 3.05) is 4.90 Å². The molecule has 1 aromatic heterocycles. The zero-order chi connectivity index (χ0) is 43.8. The van der Waals surface area contributed by atoms with E-state index in [1.807, 2.05) is 11.3 Å². The molecule has 66 heavy (non-hydrogen) atoms. The lowest BCUT2D eigenvalue weighted by Gasteiger charge is -2.29. The maximum atomic E-state index is 2.43. The highest BCUT2D eigenvalue weighted by Crippen LogP contribution is 2.45. The number of benzene rings is 11. The topological polar surface area (TPSA) is 3.24 Å². The molecule has 0 bridgehead atoms. The lowest BCUT2D eigenvalue weighted by atomic mass is 9.91. The fraction of sp³-hybridized carbons (Fsp3) is 0. The molecule has 0 aliphatic rings. The molecule has 12 aromatic rings. The molecule has 0 radical (unpaired) electrons. The van der Waals surface area contributed by atoms with Gasteiger partial charge in [0.05, 0.1) is 5.69 Å². The van der Waals surface area contributed by atoms with Gasteiger partial charge >= 0.3 is 0 Å². The average Bonchev–Trinajstić information content (AvgIpc) is 3.78. The van der Waals surface area contributed by atoms with Gasteiger partial charge in [-0.05, 0) is 133 Å². The van der Waals surface area contributed by atoms with E-state index in [0.717, 1.165) is 33.8 Å². The molecule has 0 unspecified atom stereocenters. The number of anilines is 3. The molecule has 0 saturated heterocycles. The van der Waals surface area contributed by atoms with E-state index in [-0.39, 0.29) is 0 Å². The normalized spacial score (nSPS) is 11.3. The molecule has 0 amide bonds. The third kappa shape index (κ3) is 7.44. The Bertz CT molecular complexity index is 3670. The van der Waals surface area contributed by atoms with Crippen LogP contribution in [0.15, 0.2) is 261 Å². The van der Waals surface area contributed by atoms with E-state index in [0.29, 0.717) is 0 Å². The van der Waals surface area contributed by atoms with Crippen LogP contribution in [0.3, 0.4) is 0 Å². The molecule has 310 valence electrons. The summed E-state index contributed by atoms with van der Waals surface area (Å²) in [4.78, 5) is 2.43. The Kier molecular flexibility index (Phi) is 10.1. The largest absolute Gasteiger partial charge is 0.310 e. The predicted molar refractivity (Wildman–Crippen MR) is 284 cm³/mol. The summed E-state index contributed by atoms with van der Waals surface area (Å²) in [7, 11) is 0. The highest BCUT2D eigenvalue weighted by atomic mass is 32.1. The Hall–Kier alpha value is -8.30. The third-order valence-corrected chi connectivity index (χ3v) is 14.0. The summed E-state index contributed by atoms with van der Waals surface area (Å²) in [6.07, 6.45) is 0. The molecule has 0 spiro atoms. The van der Waals surface area contributed by atoms with Gasteiger partial charge in [0.15, 0.2) is 0 Å². The van der Waals surface area contributed by atoms with E-state index in [2.05, 4.69) is 266 Å². The molecule has 0 aliphatic carbocycles. The van der Waals surface area contributed by atoms with Crippen LogP contribution < -0.4 is 4.90 Å². The van der Waals surface area contributed by atoms with Crippen LogP contribution in [-0.2, 0) is 0 Å². The highest BCUT2D eigenvalue weighted by molar-refractivity contribution is 7.25. The first-order chi connectivity index (χ1) is 32.7. The van der Waals surface area contributed by atoms with Crippen LogP contribution in [0.5, 0.6) is 0 Å². The van der Waals surface area contributed by atoms with Crippen LogP contribution in [0.2, 0.25) is 0 Å². The van der Waals surface area contributed by atoms with Crippen molar-refractivity contribution in [1.82, 2.24) is 0 Å².